The molecule has 0 spiro atoms. The Morgan fingerprint density at radius 3 is 2.68 bits per heavy atom. The van der Waals surface area contributed by atoms with Gasteiger partial charge in [-0.3, -0.25) is 19.4 Å². The Morgan fingerprint density at radius 2 is 1.96 bits per heavy atom. The van der Waals surface area contributed by atoms with Gasteiger partial charge in [-0.15, -0.1) is 0 Å². The third-order valence-electron chi connectivity index (χ3n) is 4.77. The van der Waals surface area contributed by atoms with Gasteiger partial charge in [-0.2, -0.15) is 0 Å². The van der Waals surface area contributed by atoms with Crippen LogP contribution < -0.4 is 10.1 Å². The summed E-state index contributed by atoms with van der Waals surface area (Å²) in [6.45, 7) is 8.99. The zero-order valence-corrected chi connectivity index (χ0v) is 15.1. The topological polar surface area (TPSA) is 61.9 Å². The largest absolute Gasteiger partial charge is 0.479 e. The molecule has 0 aromatic heterocycles. The molecular formula is C19H27N3O3. The molecule has 0 saturated carbocycles. The molecular weight excluding hydrogens is 318 g/mol. The van der Waals surface area contributed by atoms with Gasteiger partial charge in [0.05, 0.1) is 12.2 Å². The summed E-state index contributed by atoms with van der Waals surface area (Å²) in [7, 11) is 0. The molecule has 1 atom stereocenters. The summed E-state index contributed by atoms with van der Waals surface area (Å²) in [5, 5.41) is 2.90. The molecule has 1 amide bonds. The van der Waals surface area contributed by atoms with Crippen molar-refractivity contribution in [1.29, 1.82) is 0 Å². The average molecular weight is 345 g/mol. The molecule has 1 aromatic rings. The molecule has 1 N–H and O–H groups in total. The number of rotatable bonds is 6. The van der Waals surface area contributed by atoms with E-state index in [0.717, 1.165) is 56.1 Å². The first-order valence-corrected chi connectivity index (χ1v) is 9.12. The lowest BCUT2D eigenvalue weighted by Gasteiger charge is -2.34. The Hall–Kier alpha value is -1.92. The number of carbonyl (C=O) groups excluding carboxylic acids is 2. The molecule has 0 aliphatic carbocycles. The highest BCUT2D eigenvalue weighted by atomic mass is 16.5. The van der Waals surface area contributed by atoms with Crippen molar-refractivity contribution in [3.05, 3.63) is 23.8 Å². The Bertz CT molecular complexity index is 639. The van der Waals surface area contributed by atoms with Crippen LogP contribution in [0, 0.1) is 0 Å². The molecule has 6 nitrogen and oxygen atoms in total. The third-order valence-corrected chi connectivity index (χ3v) is 4.77. The van der Waals surface area contributed by atoms with Crippen molar-refractivity contribution < 1.29 is 14.3 Å². The second-order valence-electron chi connectivity index (χ2n) is 6.92. The number of anilines is 1. The number of Topliss-reactive ketones (excluding diaryl/α,β-unsaturated/α-hetero) is 1. The first-order valence-electron chi connectivity index (χ1n) is 9.12. The SMILES string of the molecule is CCCC(=O)CN1CCN(Cc2ccc3c(c2)NC(=O)C(C)O3)CC1. The molecule has 1 unspecified atom stereocenters. The maximum atomic E-state index is 11.8. The second kappa shape index (κ2) is 7.97. The third kappa shape index (κ3) is 4.58. The van der Waals surface area contributed by atoms with E-state index in [4.69, 9.17) is 4.74 Å². The van der Waals surface area contributed by atoms with Crippen molar-refractivity contribution in [3.63, 3.8) is 0 Å². The maximum absolute atomic E-state index is 11.8. The fourth-order valence-corrected chi connectivity index (χ4v) is 3.33. The van der Waals surface area contributed by atoms with Crippen molar-refractivity contribution in [2.75, 3.05) is 38.0 Å². The van der Waals surface area contributed by atoms with Crippen molar-refractivity contribution in [1.82, 2.24) is 9.80 Å². The number of carbonyl (C=O) groups is 2. The molecule has 2 heterocycles. The summed E-state index contributed by atoms with van der Waals surface area (Å²) in [6.07, 6.45) is 1.17. The van der Waals surface area contributed by atoms with Crippen LogP contribution in [0.2, 0.25) is 0 Å². The molecule has 136 valence electrons. The zero-order valence-electron chi connectivity index (χ0n) is 15.1. The molecule has 1 fully saturated rings. The number of benzene rings is 1. The summed E-state index contributed by atoms with van der Waals surface area (Å²) in [5.41, 5.74) is 1.91. The van der Waals surface area contributed by atoms with E-state index in [-0.39, 0.29) is 5.91 Å². The van der Waals surface area contributed by atoms with E-state index in [1.54, 1.807) is 6.92 Å². The van der Waals surface area contributed by atoms with E-state index in [1.165, 1.54) is 0 Å². The van der Waals surface area contributed by atoms with E-state index < -0.39 is 6.10 Å². The number of amides is 1. The first-order chi connectivity index (χ1) is 12.0. The van der Waals surface area contributed by atoms with Gasteiger partial charge in [-0.25, -0.2) is 0 Å². The summed E-state index contributed by atoms with van der Waals surface area (Å²) in [4.78, 5) is 28.1. The van der Waals surface area contributed by atoms with Crippen LogP contribution in [0.1, 0.15) is 32.3 Å². The summed E-state index contributed by atoms with van der Waals surface area (Å²) in [5.74, 6) is 0.973. The molecule has 1 saturated heterocycles. The molecule has 0 radical (unpaired) electrons. The number of ketones is 1. The fraction of sp³-hybridized carbons (Fsp3) is 0.579. The number of hydrogen-bond acceptors (Lipinski definition) is 5. The standard InChI is InChI=1S/C19H27N3O3/c1-3-4-16(23)13-22-9-7-21(8-10-22)12-15-5-6-18-17(11-15)20-19(24)14(2)25-18/h5-6,11,14H,3-4,7-10,12-13H2,1-2H3,(H,20,24). The lowest BCUT2D eigenvalue weighted by Crippen LogP contribution is -2.47. The lowest BCUT2D eigenvalue weighted by molar-refractivity contribution is -0.123. The van der Waals surface area contributed by atoms with Crippen molar-refractivity contribution in [2.24, 2.45) is 0 Å². The Kier molecular flexibility index (Phi) is 5.71. The van der Waals surface area contributed by atoms with Gasteiger partial charge < -0.3 is 10.1 Å². The Balaban J connectivity index is 1.52. The molecule has 0 bridgehead atoms. The van der Waals surface area contributed by atoms with Crippen LogP contribution >= 0.6 is 0 Å². The van der Waals surface area contributed by atoms with E-state index >= 15 is 0 Å². The van der Waals surface area contributed by atoms with Crippen LogP contribution in [-0.2, 0) is 16.1 Å². The van der Waals surface area contributed by atoms with Crippen LogP contribution in [0.5, 0.6) is 5.75 Å². The van der Waals surface area contributed by atoms with Crippen LogP contribution in [0.15, 0.2) is 18.2 Å². The highest BCUT2D eigenvalue weighted by molar-refractivity contribution is 5.97. The Morgan fingerprint density at radius 1 is 1.24 bits per heavy atom. The minimum Gasteiger partial charge on any atom is -0.479 e. The molecule has 6 heteroatoms. The molecule has 2 aliphatic rings. The van der Waals surface area contributed by atoms with Crippen molar-refractivity contribution >= 4 is 17.4 Å². The number of nitrogens with one attached hydrogen (secondary N) is 1. The second-order valence-corrected chi connectivity index (χ2v) is 6.92. The van der Waals surface area contributed by atoms with Gasteiger partial charge in [0, 0.05) is 39.1 Å². The van der Waals surface area contributed by atoms with E-state index in [2.05, 4.69) is 21.2 Å². The normalized spacial score (nSPS) is 21.4. The molecule has 3 rings (SSSR count). The minimum atomic E-state index is -0.443. The Labute approximate surface area is 149 Å². The number of fused-ring (bicyclic) bond motifs is 1. The number of piperazine rings is 1. The number of nitrogens with zero attached hydrogens (tertiary/aromatic N) is 2. The quantitative estimate of drug-likeness (QED) is 0.853. The van der Waals surface area contributed by atoms with E-state index in [9.17, 15) is 9.59 Å². The smallest absolute Gasteiger partial charge is 0.265 e. The number of hydrogen-bond donors (Lipinski definition) is 1. The van der Waals surface area contributed by atoms with Gasteiger partial charge in [0.1, 0.15) is 11.5 Å². The van der Waals surface area contributed by atoms with Crippen LogP contribution in [-0.4, -0.2) is 60.3 Å². The summed E-state index contributed by atoms with van der Waals surface area (Å²) in [6, 6.07) is 5.98. The highest BCUT2D eigenvalue weighted by Crippen LogP contribution is 2.30. The van der Waals surface area contributed by atoms with Crippen LogP contribution in [0.4, 0.5) is 5.69 Å². The van der Waals surface area contributed by atoms with Gasteiger partial charge >= 0.3 is 0 Å². The maximum Gasteiger partial charge on any atom is 0.265 e. The predicted octanol–water partition coefficient (Wildman–Crippen LogP) is 1.89. The first kappa shape index (κ1) is 17.9. The van der Waals surface area contributed by atoms with Gasteiger partial charge in [0.2, 0.25) is 0 Å². The lowest BCUT2D eigenvalue weighted by atomic mass is 10.1. The summed E-state index contributed by atoms with van der Waals surface area (Å²) < 4.78 is 5.60. The van der Waals surface area contributed by atoms with Crippen molar-refractivity contribution in [3.8, 4) is 5.75 Å². The molecule has 2 aliphatic heterocycles. The summed E-state index contributed by atoms with van der Waals surface area (Å²) >= 11 is 0. The van der Waals surface area contributed by atoms with Gasteiger partial charge in [0.15, 0.2) is 6.10 Å². The van der Waals surface area contributed by atoms with Gasteiger partial charge in [0.25, 0.3) is 5.91 Å². The highest BCUT2D eigenvalue weighted by Gasteiger charge is 2.24. The van der Waals surface area contributed by atoms with Gasteiger partial charge in [-0.1, -0.05) is 13.0 Å². The zero-order chi connectivity index (χ0) is 17.8. The molecule has 25 heavy (non-hydrogen) atoms. The predicted molar refractivity (Wildman–Crippen MR) is 96.8 cm³/mol. The fourth-order valence-electron chi connectivity index (χ4n) is 3.33. The monoisotopic (exact) mass is 345 g/mol. The van der Waals surface area contributed by atoms with E-state index in [1.807, 2.05) is 19.1 Å². The number of ether oxygens (including phenoxy) is 1. The van der Waals surface area contributed by atoms with Crippen LogP contribution in [0.3, 0.4) is 0 Å². The van der Waals surface area contributed by atoms with Gasteiger partial charge in [-0.05, 0) is 31.0 Å². The molecule has 1 aromatic carbocycles. The van der Waals surface area contributed by atoms with Crippen LogP contribution in [0.25, 0.3) is 0 Å². The average Bonchev–Trinajstić information content (AvgIpc) is 2.58. The van der Waals surface area contributed by atoms with E-state index in [0.29, 0.717) is 18.7 Å². The minimum absolute atomic E-state index is 0.102. The van der Waals surface area contributed by atoms with Crippen molar-refractivity contribution in [2.45, 2.75) is 39.3 Å².